The number of imide groups is 1. The SMILES string of the molecule is CC[C@H](C)[C@@H]([C@@H](CC(=O)N1CCC[C@H]1[C@H](OC)[C@@H](C)C(=O)N[C@@H](Cc1ccccc1)C(=O)Nc1ccc(CNC(=O)CCCCCN2C(=O)C=CC2=O)cc1)OC)N(C)C(=O)[C@@H](NC(=O)C1C2CC[C@@H](C2)N1C(=O)CCOCCOCCOCCOCCOCCOCCOCCOC)C(C)C. The molecule has 0 spiro atoms. The zero-order valence-corrected chi connectivity index (χ0v) is 61.7. The predicted molar refractivity (Wildman–Crippen MR) is 380 cm³/mol. The summed E-state index contributed by atoms with van der Waals surface area (Å²) >= 11 is 0. The summed E-state index contributed by atoms with van der Waals surface area (Å²) in [5.74, 6) is -4.14. The van der Waals surface area contributed by atoms with Gasteiger partial charge in [-0.05, 0) is 86.0 Å². The van der Waals surface area contributed by atoms with Gasteiger partial charge in [0, 0.05) is 84.7 Å². The zero-order chi connectivity index (χ0) is 73.8. The van der Waals surface area contributed by atoms with Crippen molar-refractivity contribution in [2.24, 2.45) is 23.7 Å². The number of nitrogens with zero attached hydrogens (tertiary/aromatic N) is 4. The molecule has 3 aliphatic heterocycles. The molecule has 1 saturated carbocycles. The Labute approximate surface area is 603 Å². The summed E-state index contributed by atoms with van der Waals surface area (Å²) in [4.78, 5) is 129. The maximum absolute atomic E-state index is 14.9. The van der Waals surface area contributed by atoms with Crippen molar-refractivity contribution in [3.8, 4) is 0 Å². The number of carbonyl (C=O) groups is 9. The Hall–Kier alpha value is -6.79. The van der Waals surface area contributed by atoms with Gasteiger partial charge in [0.25, 0.3) is 11.8 Å². The molecule has 2 unspecified atom stereocenters. The van der Waals surface area contributed by atoms with E-state index in [-0.39, 0.29) is 104 Å². The maximum atomic E-state index is 14.9. The Morgan fingerprint density at radius 2 is 1.22 bits per heavy atom. The number of amides is 9. The van der Waals surface area contributed by atoms with Crippen molar-refractivity contribution < 1.29 is 90.5 Å². The first-order valence-corrected chi connectivity index (χ1v) is 36.6. The first-order chi connectivity index (χ1) is 49.3. The second kappa shape index (κ2) is 46.1. The molecule has 0 aromatic heterocycles. The summed E-state index contributed by atoms with van der Waals surface area (Å²) in [7, 11) is 6.36. The van der Waals surface area contributed by atoms with Gasteiger partial charge in [0.2, 0.25) is 41.4 Å². The van der Waals surface area contributed by atoms with Crippen molar-refractivity contribution >= 4 is 58.9 Å². The lowest BCUT2D eigenvalue weighted by Crippen LogP contribution is -2.60. The molecule has 3 fully saturated rings. The Balaban J connectivity index is 0.948. The van der Waals surface area contributed by atoms with Crippen LogP contribution in [0, 0.1) is 23.7 Å². The van der Waals surface area contributed by atoms with E-state index in [1.165, 1.54) is 31.3 Å². The molecule has 2 aromatic carbocycles. The minimum absolute atomic E-state index is 0.0451. The monoisotopic (exact) mass is 1430 g/mol. The minimum Gasteiger partial charge on any atom is -0.382 e. The molecule has 4 aliphatic rings. The van der Waals surface area contributed by atoms with Gasteiger partial charge in [-0.15, -0.1) is 0 Å². The van der Waals surface area contributed by atoms with Crippen LogP contribution in [0.25, 0.3) is 0 Å². The van der Waals surface area contributed by atoms with E-state index in [0.717, 1.165) is 24.0 Å². The van der Waals surface area contributed by atoms with Crippen LogP contribution >= 0.6 is 0 Å². The normalized spacial score (nSPS) is 19.2. The minimum atomic E-state index is -1.00. The Morgan fingerprint density at radius 1 is 0.627 bits per heavy atom. The molecule has 0 radical (unpaired) electrons. The number of carbonyl (C=O) groups excluding carboxylic acids is 9. The Morgan fingerprint density at radius 3 is 1.77 bits per heavy atom. The Bertz CT molecular complexity index is 2910. The van der Waals surface area contributed by atoms with Crippen molar-refractivity contribution in [3.05, 3.63) is 77.9 Å². The van der Waals surface area contributed by atoms with Crippen LogP contribution < -0.4 is 21.3 Å². The standard InChI is InChI=1S/C75H116N8O19/c1-10-53(4)69(80(6)75(92)68(52(2)3)79-74(91)70-57-24-27-59(49-57)83(70)66(87)30-33-96-36-37-98-40-41-100-44-45-102-47-46-101-43-42-99-39-38-97-35-34-93-7)62(94-8)50-67(88)81-32-17-20-61(81)71(95-9)54(5)72(89)78-60(48-55-18-13-11-14-19-55)73(90)77-58-25-22-56(23-26-58)51-76-63(84)21-15-12-16-31-82-64(85)28-29-65(82)86/h11,13-14,18-19,22-23,25-26,28-29,52-54,57,59-62,68-71H,10,12,15-17,20-21,24,27,30-51H2,1-9H3,(H,76,84)(H,77,90)(H,78,89)(H,79,91)/t53-,54+,57?,59-,60-,61-,62+,68-,69-,70?,71+/m0/s1. The number of likely N-dealkylation sites (N-methyl/N-ethyl adjacent to an activating group) is 1. The van der Waals surface area contributed by atoms with Crippen molar-refractivity contribution in [1.29, 1.82) is 0 Å². The van der Waals surface area contributed by atoms with E-state index in [4.69, 9.17) is 47.4 Å². The molecule has 1 aliphatic carbocycles. The average Bonchev–Trinajstić information content (AvgIpc) is 1.60. The van der Waals surface area contributed by atoms with Crippen molar-refractivity contribution in [2.45, 2.75) is 173 Å². The van der Waals surface area contributed by atoms with Gasteiger partial charge in [-0.2, -0.15) is 0 Å². The van der Waals surface area contributed by atoms with E-state index in [0.29, 0.717) is 156 Å². The molecule has 9 amide bonds. The van der Waals surface area contributed by atoms with Crippen LogP contribution in [-0.2, 0) is 103 Å². The van der Waals surface area contributed by atoms with E-state index < -0.39 is 60.1 Å². The highest BCUT2D eigenvalue weighted by atomic mass is 16.6. The van der Waals surface area contributed by atoms with Crippen LogP contribution in [0.4, 0.5) is 5.69 Å². The number of hydrogen-bond donors (Lipinski definition) is 4. The lowest BCUT2D eigenvalue weighted by Gasteiger charge is -2.41. The summed E-state index contributed by atoms with van der Waals surface area (Å²) in [6, 6.07) is 12.5. The predicted octanol–water partition coefficient (Wildman–Crippen LogP) is 5.05. The summed E-state index contributed by atoms with van der Waals surface area (Å²) in [5.41, 5.74) is 2.11. The van der Waals surface area contributed by atoms with Gasteiger partial charge < -0.3 is 83.3 Å². The van der Waals surface area contributed by atoms with Gasteiger partial charge in [-0.1, -0.05) is 89.9 Å². The highest BCUT2D eigenvalue weighted by molar-refractivity contribution is 6.12. The van der Waals surface area contributed by atoms with E-state index in [9.17, 15) is 43.2 Å². The lowest BCUT2D eigenvalue weighted by atomic mass is 9.89. The topological polar surface area (TPSA) is 307 Å². The van der Waals surface area contributed by atoms with Gasteiger partial charge in [-0.3, -0.25) is 48.1 Å². The molecule has 6 rings (SSSR count). The third-order valence-electron chi connectivity index (χ3n) is 19.6. The third-order valence-corrected chi connectivity index (χ3v) is 19.6. The molecule has 2 bridgehead atoms. The number of likely N-dealkylation sites (tertiary alicyclic amines) is 2. The summed E-state index contributed by atoms with van der Waals surface area (Å²) < 4.78 is 56.1. The molecule has 27 nitrogen and oxygen atoms in total. The smallest absolute Gasteiger partial charge is 0.253 e. The molecule has 3 heterocycles. The zero-order valence-electron chi connectivity index (χ0n) is 61.7. The maximum Gasteiger partial charge on any atom is 0.253 e. The second-order valence-electron chi connectivity index (χ2n) is 27.0. The summed E-state index contributed by atoms with van der Waals surface area (Å²) in [6.07, 6.45) is 7.49. The van der Waals surface area contributed by atoms with E-state index in [2.05, 4.69) is 21.3 Å². The van der Waals surface area contributed by atoms with E-state index >= 15 is 0 Å². The van der Waals surface area contributed by atoms with E-state index in [1.807, 2.05) is 58.0 Å². The molecular weight excluding hydrogens is 1320 g/mol. The number of unbranched alkanes of at least 4 members (excludes halogenated alkanes) is 2. The van der Waals surface area contributed by atoms with Gasteiger partial charge in [0.15, 0.2) is 0 Å². The quantitative estimate of drug-likeness (QED) is 0.0498. The van der Waals surface area contributed by atoms with Gasteiger partial charge in [0.1, 0.15) is 18.1 Å². The highest BCUT2D eigenvalue weighted by Crippen LogP contribution is 2.43. The van der Waals surface area contributed by atoms with Crippen LogP contribution in [0.15, 0.2) is 66.7 Å². The average molecular weight is 1430 g/mol. The van der Waals surface area contributed by atoms with Gasteiger partial charge >= 0.3 is 0 Å². The number of hydrogen-bond acceptors (Lipinski definition) is 19. The fraction of sp³-hybridized carbons (Fsp3) is 0.693. The third kappa shape index (κ3) is 27.0. The number of methoxy groups -OCH3 is 3. The number of anilines is 1. The fourth-order valence-electron chi connectivity index (χ4n) is 13.8. The van der Waals surface area contributed by atoms with Crippen molar-refractivity contribution in [3.63, 3.8) is 0 Å². The number of piperidine rings is 1. The number of rotatable bonds is 52. The number of benzene rings is 2. The summed E-state index contributed by atoms with van der Waals surface area (Å²) in [6.45, 7) is 16.8. The van der Waals surface area contributed by atoms with Gasteiger partial charge in [0.05, 0.1) is 142 Å². The highest BCUT2D eigenvalue weighted by Gasteiger charge is 2.52. The molecule has 2 aromatic rings. The number of nitrogens with one attached hydrogen (secondary N) is 4. The van der Waals surface area contributed by atoms with Crippen LogP contribution in [-0.4, -0.2) is 262 Å². The summed E-state index contributed by atoms with van der Waals surface area (Å²) in [5, 5.41) is 12.0. The molecular formula is C75H116N8O19. The van der Waals surface area contributed by atoms with Crippen LogP contribution in [0.1, 0.15) is 123 Å². The molecule has 27 heteroatoms. The van der Waals surface area contributed by atoms with Crippen LogP contribution in [0.5, 0.6) is 0 Å². The van der Waals surface area contributed by atoms with Gasteiger partial charge in [-0.25, -0.2) is 0 Å². The molecule has 11 atom stereocenters. The van der Waals surface area contributed by atoms with E-state index in [1.54, 1.807) is 60.0 Å². The first-order valence-electron chi connectivity index (χ1n) is 36.6. The first kappa shape index (κ1) is 84.2. The molecule has 2 saturated heterocycles. The molecule has 4 N–H and O–H groups in total. The van der Waals surface area contributed by atoms with Crippen molar-refractivity contribution in [1.82, 2.24) is 35.6 Å². The fourth-order valence-corrected chi connectivity index (χ4v) is 13.8. The van der Waals surface area contributed by atoms with Crippen LogP contribution in [0.2, 0.25) is 0 Å². The second-order valence-corrected chi connectivity index (χ2v) is 27.0. The number of ether oxygens (including phenoxy) is 10. The lowest BCUT2D eigenvalue weighted by molar-refractivity contribution is -0.149. The molecule has 102 heavy (non-hydrogen) atoms. The number of fused-ring (bicyclic) bond motifs is 2. The Kier molecular flexibility index (Phi) is 38.1. The largest absolute Gasteiger partial charge is 0.382 e. The molecule has 570 valence electrons. The van der Waals surface area contributed by atoms with Crippen molar-refractivity contribution in [2.75, 3.05) is 146 Å². The van der Waals surface area contributed by atoms with Crippen LogP contribution in [0.3, 0.4) is 0 Å².